The first-order valence-electron chi connectivity index (χ1n) is 4.22. The maximum absolute atomic E-state index is 9.87. The molecular weight excluding hydrogens is 140 g/mol. The average molecular weight is 156 g/mol. The van der Waals surface area contributed by atoms with Crippen LogP contribution < -0.4 is 5.32 Å². The van der Waals surface area contributed by atoms with Gasteiger partial charge in [-0.3, -0.25) is 4.79 Å². The van der Waals surface area contributed by atoms with Crippen LogP contribution in [0.3, 0.4) is 0 Å². The summed E-state index contributed by atoms with van der Waals surface area (Å²) in [6.07, 6.45) is 4.54. The topological polar surface area (TPSA) is 32.3 Å². The Morgan fingerprint density at radius 2 is 2.36 bits per heavy atom. The first-order chi connectivity index (χ1) is 5.34. The van der Waals surface area contributed by atoms with Gasteiger partial charge in [0, 0.05) is 12.6 Å². The Morgan fingerprint density at radius 1 is 1.64 bits per heavy atom. The quantitative estimate of drug-likeness (QED) is 0.440. The van der Waals surface area contributed by atoms with Crippen molar-refractivity contribution in [2.45, 2.75) is 25.3 Å². The molecule has 0 unspecified atom stereocenters. The first kappa shape index (κ1) is 8.53. The van der Waals surface area contributed by atoms with Crippen molar-refractivity contribution in [1.82, 2.24) is 10.2 Å². The summed E-state index contributed by atoms with van der Waals surface area (Å²) in [5, 5.41) is 2.66. The third-order valence-electron chi connectivity index (χ3n) is 2.09. The third-order valence-corrected chi connectivity index (χ3v) is 2.09. The molecule has 0 atom stereocenters. The highest BCUT2D eigenvalue weighted by Crippen LogP contribution is 2.24. The van der Waals surface area contributed by atoms with E-state index >= 15 is 0 Å². The van der Waals surface area contributed by atoms with Crippen molar-refractivity contribution < 1.29 is 4.79 Å². The molecule has 0 heterocycles. The maximum atomic E-state index is 9.87. The Hall–Kier alpha value is -0.570. The summed E-state index contributed by atoms with van der Waals surface area (Å²) >= 11 is 0. The fourth-order valence-electron chi connectivity index (χ4n) is 1.19. The first-order valence-corrected chi connectivity index (χ1v) is 4.22. The van der Waals surface area contributed by atoms with E-state index in [1.165, 1.54) is 12.8 Å². The number of amides is 1. The third kappa shape index (κ3) is 3.37. The summed E-state index contributed by atoms with van der Waals surface area (Å²) in [7, 11) is 2.15. The zero-order valence-electron chi connectivity index (χ0n) is 7.05. The van der Waals surface area contributed by atoms with Crippen LogP contribution in [-0.4, -0.2) is 37.5 Å². The van der Waals surface area contributed by atoms with E-state index in [4.69, 9.17) is 0 Å². The summed E-state index contributed by atoms with van der Waals surface area (Å²) < 4.78 is 0. The van der Waals surface area contributed by atoms with Crippen LogP contribution in [0.4, 0.5) is 0 Å². The minimum absolute atomic E-state index is 0.761. The highest BCUT2D eigenvalue weighted by molar-refractivity contribution is 5.45. The number of rotatable bonds is 6. The van der Waals surface area contributed by atoms with Gasteiger partial charge in [-0.15, -0.1) is 0 Å². The fraction of sp³-hybridized carbons (Fsp3) is 0.875. The lowest BCUT2D eigenvalue weighted by atomic mass is 10.4. The van der Waals surface area contributed by atoms with Crippen molar-refractivity contribution in [3.05, 3.63) is 0 Å². The molecule has 0 spiro atoms. The minimum Gasteiger partial charge on any atom is -0.359 e. The van der Waals surface area contributed by atoms with Crippen LogP contribution in [0.2, 0.25) is 0 Å². The number of nitrogens with zero attached hydrogens (tertiary/aromatic N) is 1. The molecule has 3 nitrogen and oxygen atoms in total. The summed E-state index contributed by atoms with van der Waals surface area (Å²) in [4.78, 5) is 12.2. The Morgan fingerprint density at radius 3 is 2.91 bits per heavy atom. The molecule has 0 aromatic carbocycles. The molecule has 0 aliphatic heterocycles. The van der Waals surface area contributed by atoms with Crippen LogP contribution in [0.15, 0.2) is 0 Å². The molecule has 3 heteroatoms. The van der Waals surface area contributed by atoms with Crippen molar-refractivity contribution >= 4 is 6.41 Å². The van der Waals surface area contributed by atoms with Gasteiger partial charge < -0.3 is 10.2 Å². The Bertz CT molecular complexity index is 123. The number of hydrogen-bond donors (Lipinski definition) is 1. The van der Waals surface area contributed by atoms with Crippen LogP contribution in [0.25, 0.3) is 0 Å². The lowest BCUT2D eigenvalue weighted by molar-refractivity contribution is -0.109. The van der Waals surface area contributed by atoms with E-state index in [0.29, 0.717) is 0 Å². The summed E-state index contributed by atoms with van der Waals surface area (Å²) in [6, 6.07) is 0.839. The molecule has 11 heavy (non-hydrogen) atoms. The van der Waals surface area contributed by atoms with Gasteiger partial charge in [0.05, 0.1) is 0 Å². The van der Waals surface area contributed by atoms with E-state index in [9.17, 15) is 4.79 Å². The highest BCUT2D eigenvalue weighted by atomic mass is 16.1. The van der Waals surface area contributed by atoms with Crippen molar-refractivity contribution in [1.29, 1.82) is 0 Å². The average Bonchev–Trinajstić information content (AvgIpc) is 2.79. The van der Waals surface area contributed by atoms with Gasteiger partial charge in [0.25, 0.3) is 0 Å². The lowest BCUT2D eigenvalue weighted by Crippen LogP contribution is -2.25. The van der Waals surface area contributed by atoms with Crippen LogP contribution in [0.1, 0.15) is 19.3 Å². The maximum Gasteiger partial charge on any atom is 0.207 e. The van der Waals surface area contributed by atoms with Gasteiger partial charge in [-0.05, 0) is 32.9 Å². The fourth-order valence-corrected chi connectivity index (χ4v) is 1.19. The Labute approximate surface area is 67.8 Å². The second-order valence-corrected chi connectivity index (χ2v) is 3.14. The molecule has 1 rings (SSSR count). The van der Waals surface area contributed by atoms with Crippen molar-refractivity contribution in [2.24, 2.45) is 0 Å². The summed E-state index contributed by atoms with van der Waals surface area (Å²) in [6.45, 7) is 1.91. The van der Waals surface area contributed by atoms with E-state index in [1.54, 1.807) is 0 Å². The molecule has 1 saturated carbocycles. The molecule has 0 saturated heterocycles. The van der Waals surface area contributed by atoms with E-state index in [2.05, 4.69) is 17.3 Å². The van der Waals surface area contributed by atoms with E-state index in [-0.39, 0.29) is 0 Å². The lowest BCUT2D eigenvalue weighted by Gasteiger charge is -2.14. The second kappa shape index (κ2) is 4.34. The monoisotopic (exact) mass is 156 g/mol. The zero-order valence-corrected chi connectivity index (χ0v) is 7.05. The Kier molecular flexibility index (Phi) is 3.36. The van der Waals surface area contributed by atoms with Crippen molar-refractivity contribution in [2.75, 3.05) is 20.1 Å². The molecular formula is C8H16N2O. The molecule has 1 aliphatic carbocycles. The molecule has 1 amide bonds. The van der Waals surface area contributed by atoms with E-state index in [1.807, 2.05) is 0 Å². The normalized spacial score (nSPS) is 16.9. The van der Waals surface area contributed by atoms with Gasteiger partial charge in [-0.1, -0.05) is 0 Å². The van der Waals surface area contributed by atoms with E-state index < -0.39 is 0 Å². The van der Waals surface area contributed by atoms with Crippen molar-refractivity contribution in [3.8, 4) is 0 Å². The number of carbonyl (C=O) groups is 1. The highest BCUT2D eigenvalue weighted by Gasteiger charge is 2.25. The van der Waals surface area contributed by atoms with Crippen molar-refractivity contribution in [3.63, 3.8) is 0 Å². The predicted molar refractivity (Wildman–Crippen MR) is 44.3 cm³/mol. The Balaban J connectivity index is 1.88. The van der Waals surface area contributed by atoms with Gasteiger partial charge >= 0.3 is 0 Å². The van der Waals surface area contributed by atoms with Crippen LogP contribution in [-0.2, 0) is 4.79 Å². The molecule has 0 bridgehead atoms. The second-order valence-electron chi connectivity index (χ2n) is 3.14. The summed E-state index contributed by atoms with van der Waals surface area (Å²) in [5.41, 5.74) is 0. The molecule has 0 aromatic heterocycles. The van der Waals surface area contributed by atoms with Gasteiger partial charge in [0.15, 0.2) is 0 Å². The van der Waals surface area contributed by atoms with Gasteiger partial charge in [-0.2, -0.15) is 0 Å². The number of hydrogen-bond acceptors (Lipinski definition) is 2. The molecule has 1 fully saturated rings. The zero-order chi connectivity index (χ0) is 8.10. The van der Waals surface area contributed by atoms with E-state index in [0.717, 1.165) is 32.0 Å². The number of nitrogens with one attached hydrogen (secondary N) is 1. The molecule has 0 radical (unpaired) electrons. The largest absolute Gasteiger partial charge is 0.359 e. The number of carbonyl (C=O) groups excluding carboxylic acids is 1. The predicted octanol–water partition coefficient (Wildman–Crippen LogP) is 0.217. The van der Waals surface area contributed by atoms with Gasteiger partial charge in [0.2, 0.25) is 6.41 Å². The smallest absolute Gasteiger partial charge is 0.207 e. The minimum atomic E-state index is 0.761. The standard InChI is InChI=1S/C8H16N2O/c1-10(8-3-4-8)6-2-5-9-7-11/h7-8H,2-6H2,1H3,(H,9,11). The van der Waals surface area contributed by atoms with Crippen LogP contribution >= 0.6 is 0 Å². The molecule has 0 aromatic rings. The van der Waals surface area contributed by atoms with Crippen LogP contribution in [0, 0.1) is 0 Å². The molecule has 64 valence electrons. The van der Waals surface area contributed by atoms with Gasteiger partial charge in [0.1, 0.15) is 0 Å². The molecule has 1 N–H and O–H groups in total. The van der Waals surface area contributed by atoms with Crippen LogP contribution in [0.5, 0.6) is 0 Å². The summed E-state index contributed by atoms with van der Waals surface area (Å²) in [5.74, 6) is 0. The molecule has 1 aliphatic rings. The van der Waals surface area contributed by atoms with Gasteiger partial charge in [-0.25, -0.2) is 0 Å². The SMILES string of the molecule is CN(CCCNC=O)C1CC1.